The number of hydrogen-bond acceptors (Lipinski definition) is 1. The zero-order valence-electron chi connectivity index (χ0n) is 10.2. The molecule has 0 aliphatic carbocycles. The van der Waals surface area contributed by atoms with E-state index in [4.69, 9.17) is 0 Å². The fourth-order valence-electron chi connectivity index (χ4n) is 1.84. The van der Waals surface area contributed by atoms with E-state index in [0.29, 0.717) is 21.2 Å². The Hall–Kier alpha value is -1.55. The lowest BCUT2D eigenvalue weighted by molar-refractivity contribution is 0.0992. The van der Waals surface area contributed by atoms with Gasteiger partial charge in [0.05, 0.1) is 0 Å². The molecule has 0 atom stereocenters. The van der Waals surface area contributed by atoms with Crippen LogP contribution in [0.4, 0.5) is 8.78 Å². The van der Waals surface area contributed by atoms with Crippen molar-refractivity contribution in [3.8, 4) is 0 Å². The summed E-state index contributed by atoms with van der Waals surface area (Å²) in [7, 11) is 0. The minimum atomic E-state index is -0.429. The van der Waals surface area contributed by atoms with Crippen LogP contribution in [0.1, 0.15) is 21.5 Å². The van der Waals surface area contributed by atoms with Crippen LogP contribution in [0.5, 0.6) is 0 Å². The van der Waals surface area contributed by atoms with Crippen molar-refractivity contribution >= 4 is 21.7 Å². The van der Waals surface area contributed by atoms with E-state index in [1.807, 2.05) is 0 Å². The summed E-state index contributed by atoms with van der Waals surface area (Å²) >= 11 is 3.21. The molecule has 0 spiro atoms. The third-order valence-electron chi connectivity index (χ3n) is 2.73. The molecule has 0 heterocycles. The van der Waals surface area contributed by atoms with Gasteiger partial charge in [0.15, 0.2) is 5.78 Å². The Morgan fingerprint density at radius 2 is 1.84 bits per heavy atom. The molecule has 0 aliphatic rings. The van der Waals surface area contributed by atoms with Gasteiger partial charge in [-0.15, -0.1) is 0 Å². The van der Waals surface area contributed by atoms with Crippen LogP contribution in [0.3, 0.4) is 0 Å². The van der Waals surface area contributed by atoms with Gasteiger partial charge in [0.2, 0.25) is 0 Å². The second kappa shape index (κ2) is 5.61. The molecular weight excluding hydrogens is 314 g/mol. The van der Waals surface area contributed by atoms with Crippen molar-refractivity contribution in [3.05, 3.63) is 69.2 Å². The van der Waals surface area contributed by atoms with E-state index < -0.39 is 5.82 Å². The number of aryl methyl sites for hydroxylation is 1. The van der Waals surface area contributed by atoms with Gasteiger partial charge in [-0.1, -0.05) is 22.0 Å². The Labute approximate surface area is 118 Å². The van der Waals surface area contributed by atoms with Gasteiger partial charge in [-0.3, -0.25) is 4.79 Å². The zero-order chi connectivity index (χ0) is 14.0. The van der Waals surface area contributed by atoms with E-state index in [0.717, 1.165) is 0 Å². The lowest BCUT2D eigenvalue weighted by atomic mass is 10.0. The van der Waals surface area contributed by atoms with Crippen LogP contribution < -0.4 is 0 Å². The number of carbonyl (C=O) groups is 1. The normalized spacial score (nSPS) is 10.5. The van der Waals surface area contributed by atoms with Crippen LogP contribution in [-0.2, 0) is 6.42 Å². The molecule has 0 amide bonds. The molecule has 1 nitrogen and oxygen atoms in total. The molecular formula is C15H11BrF2O. The number of hydrogen-bond donors (Lipinski definition) is 0. The SMILES string of the molecule is Cc1cc(F)cc(C(=O)Cc2ccc(F)cc2Br)c1. The van der Waals surface area contributed by atoms with Crippen LogP contribution in [0, 0.1) is 18.6 Å². The second-order valence-corrected chi connectivity index (χ2v) is 5.21. The van der Waals surface area contributed by atoms with Crippen molar-refractivity contribution in [2.75, 3.05) is 0 Å². The Balaban J connectivity index is 2.25. The highest BCUT2D eigenvalue weighted by molar-refractivity contribution is 9.10. The topological polar surface area (TPSA) is 17.1 Å². The summed E-state index contributed by atoms with van der Waals surface area (Å²) in [6.45, 7) is 1.73. The molecule has 19 heavy (non-hydrogen) atoms. The molecule has 0 fully saturated rings. The van der Waals surface area contributed by atoms with Gasteiger partial charge >= 0.3 is 0 Å². The van der Waals surface area contributed by atoms with Gasteiger partial charge in [-0.05, 0) is 48.4 Å². The van der Waals surface area contributed by atoms with E-state index in [9.17, 15) is 13.6 Å². The van der Waals surface area contributed by atoms with Crippen LogP contribution in [0.2, 0.25) is 0 Å². The van der Waals surface area contributed by atoms with Crippen LogP contribution in [0.25, 0.3) is 0 Å². The predicted octanol–water partition coefficient (Wildman–Crippen LogP) is 4.46. The fraction of sp³-hybridized carbons (Fsp3) is 0.133. The third kappa shape index (κ3) is 3.47. The summed E-state index contributed by atoms with van der Waals surface area (Å²) in [5.41, 5.74) is 1.70. The minimum absolute atomic E-state index is 0.101. The molecule has 0 unspecified atom stereocenters. The van der Waals surface area contributed by atoms with Crippen molar-refractivity contribution in [1.82, 2.24) is 0 Å². The highest BCUT2D eigenvalue weighted by Crippen LogP contribution is 2.20. The van der Waals surface area contributed by atoms with E-state index in [1.165, 1.54) is 24.3 Å². The monoisotopic (exact) mass is 324 g/mol. The van der Waals surface area contributed by atoms with Gasteiger partial charge in [-0.2, -0.15) is 0 Å². The lowest BCUT2D eigenvalue weighted by Crippen LogP contribution is -2.05. The van der Waals surface area contributed by atoms with Crippen molar-refractivity contribution in [2.24, 2.45) is 0 Å². The molecule has 0 saturated carbocycles. The molecule has 2 aromatic carbocycles. The maximum Gasteiger partial charge on any atom is 0.167 e. The molecule has 4 heteroatoms. The number of benzene rings is 2. The van der Waals surface area contributed by atoms with E-state index in [1.54, 1.807) is 19.1 Å². The first-order valence-electron chi connectivity index (χ1n) is 5.70. The summed E-state index contributed by atoms with van der Waals surface area (Å²) in [4.78, 5) is 12.1. The molecule has 2 rings (SSSR count). The highest BCUT2D eigenvalue weighted by Gasteiger charge is 2.11. The quantitative estimate of drug-likeness (QED) is 0.762. The Kier molecular flexibility index (Phi) is 4.10. The molecule has 0 bridgehead atoms. The first-order valence-corrected chi connectivity index (χ1v) is 6.49. The van der Waals surface area contributed by atoms with Crippen molar-refractivity contribution in [1.29, 1.82) is 0 Å². The largest absolute Gasteiger partial charge is 0.294 e. The number of Topliss-reactive ketones (excluding diaryl/α,β-unsaturated/α-hetero) is 1. The summed E-state index contributed by atoms with van der Waals surface area (Å²) < 4.78 is 26.7. The maximum atomic E-state index is 13.2. The average molecular weight is 325 g/mol. The van der Waals surface area contributed by atoms with Crippen LogP contribution in [-0.4, -0.2) is 5.78 Å². The van der Waals surface area contributed by atoms with Gasteiger partial charge in [-0.25, -0.2) is 8.78 Å². The van der Waals surface area contributed by atoms with Crippen molar-refractivity contribution in [2.45, 2.75) is 13.3 Å². The average Bonchev–Trinajstić information content (AvgIpc) is 2.31. The first-order chi connectivity index (χ1) is 8.95. The molecule has 0 aliphatic heterocycles. The van der Waals surface area contributed by atoms with Crippen molar-refractivity contribution in [3.63, 3.8) is 0 Å². The zero-order valence-corrected chi connectivity index (χ0v) is 11.8. The molecule has 0 saturated heterocycles. The lowest BCUT2D eigenvalue weighted by Gasteiger charge is -2.05. The minimum Gasteiger partial charge on any atom is -0.294 e. The summed E-state index contributed by atoms with van der Waals surface area (Å²) in [5, 5.41) is 0. The molecule has 2 aromatic rings. The number of halogens is 3. The smallest absolute Gasteiger partial charge is 0.167 e. The van der Waals surface area contributed by atoms with E-state index in [-0.39, 0.29) is 18.0 Å². The van der Waals surface area contributed by atoms with E-state index in [2.05, 4.69) is 15.9 Å². The van der Waals surface area contributed by atoms with Gasteiger partial charge in [0, 0.05) is 16.5 Å². The molecule has 0 radical (unpaired) electrons. The Morgan fingerprint density at radius 1 is 1.11 bits per heavy atom. The third-order valence-corrected chi connectivity index (χ3v) is 3.47. The standard InChI is InChI=1S/C15H11BrF2O/c1-9-4-11(6-13(18)5-9)15(19)7-10-2-3-12(17)8-14(10)16/h2-6,8H,7H2,1H3. The van der Waals surface area contributed by atoms with Gasteiger partial charge < -0.3 is 0 Å². The number of ketones is 1. The number of carbonyl (C=O) groups excluding carboxylic acids is 1. The fourth-order valence-corrected chi connectivity index (χ4v) is 2.33. The predicted molar refractivity (Wildman–Crippen MR) is 73.3 cm³/mol. The molecule has 0 N–H and O–H groups in total. The first kappa shape index (κ1) is 13.9. The van der Waals surface area contributed by atoms with E-state index >= 15 is 0 Å². The summed E-state index contributed by atoms with van der Waals surface area (Å²) in [5.74, 6) is -0.999. The molecule has 0 aromatic heterocycles. The van der Waals surface area contributed by atoms with Crippen molar-refractivity contribution < 1.29 is 13.6 Å². The van der Waals surface area contributed by atoms with Gasteiger partial charge in [0.25, 0.3) is 0 Å². The summed E-state index contributed by atoms with van der Waals surface area (Å²) in [6, 6.07) is 8.37. The second-order valence-electron chi connectivity index (χ2n) is 4.35. The van der Waals surface area contributed by atoms with Crippen LogP contribution in [0.15, 0.2) is 40.9 Å². The Morgan fingerprint density at radius 3 is 2.47 bits per heavy atom. The Bertz CT molecular complexity index is 618. The number of rotatable bonds is 3. The molecule has 98 valence electrons. The van der Waals surface area contributed by atoms with Crippen LogP contribution >= 0.6 is 15.9 Å². The van der Waals surface area contributed by atoms with Gasteiger partial charge in [0.1, 0.15) is 11.6 Å². The highest BCUT2D eigenvalue weighted by atomic mass is 79.9. The maximum absolute atomic E-state index is 13.2. The summed E-state index contributed by atoms with van der Waals surface area (Å²) in [6.07, 6.45) is 0.101.